The molecule has 1 saturated carbocycles. The van der Waals surface area contributed by atoms with Crippen molar-refractivity contribution in [2.45, 2.75) is 64.6 Å². The van der Waals surface area contributed by atoms with Gasteiger partial charge in [0.1, 0.15) is 5.60 Å². The first kappa shape index (κ1) is 19.0. The average molecular weight is 341 g/mol. The van der Waals surface area contributed by atoms with E-state index in [1.54, 1.807) is 4.90 Å². The predicted octanol–water partition coefficient (Wildman–Crippen LogP) is 2.99. The Morgan fingerprint density at radius 2 is 1.75 bits per heavy atom. The molecular weight excluding hydrogens is 310 g/mol. The summed E-state index contributed by atoms with van der Waals surface area (Å²) in [5.41, 5.74) is -0.454. The summed E-state index contributed by atoms with van der Waals surface area (Å²) in [6, 6.07) is 0. The molecule has 1 saturated heterocycles. The van der Waals surface area contributed by atoms with Crippen molar-refractivity contribution >= 4 is 12.1 Å². The van der Waals surface area contributed by atoms with Crippen molar-refractivity contribution in [3.63, 3.8) is 0 Å². The quantitative estimate of drug-likeness (QED) is 0.736. The van der Waals surface area contributed by atoms with Gasteiger partial charge in [0.15, 0.2) is 0 Å². The Morgan fingerprint density at radius 3 is 2.33 bits per heavy atom. The Morgan fingerprint density at radius 1 is 1.08 bits per heavy atom. The largest absolute Gasteiger partial charge is 0.469 e. The van der Waals surface area contributed by atoms with E-state index in [1.807, 2.05) is 20.8 Å². The van der Waals surface area contributed by atoms with E-state index in [1.165, 1.54) is 7.11 Å². The van der Waals surface area contributed by atoms with Gasteiger partial charge in [0, 0.05) is 19.0 Å². The Bertz CT molecular complexity index is 437. The number of hydrogen-bond donors (Lipinski definition) is 0. The molecule has 0 aromatic heterocycles. The first-order valence-corrected chi connectivity index (χ1v) is 8.96. The first-order chi connectivity index (χ1) is 11.3. The zero-order chi connectivity index (χ0) is 17.7. The molecule has 0 radical (unpaired) electrons. The molecule has 0 N–H and O–H groups in total. The van der Waals surface area contributed by atoms with Crippen molar-refractivity contribution < 1.29 is 23.8 Å². The molecule has 1 atom stereocenters. The van der Waals surface area contributed by atoms with E-state index in [2.05, 4.69) is 0 Å². The van der Waals surface area contributed by atoms with Crippen molar-refractivity contribution in [1.82, 2.24) is 4.90 Å². The smallest absolute Gasteiger partial charge is 0.410 e. The summed E-state index contributed by atoms with van der Waals surface area (Å²) >= 11 is 0. The van der Waals surface area contributed by atoms with Crippen LogP contribution >= 0.6 is 0 Å². The molecule has 138 valence electrons. The number of hydrogen-bond acceptors (Lipinski definition) is 5. The van der Waals surface area contributed by atoms with E-state index in [-0.39, 0.29) is 24.1 Å². The van der Waals surface area contributed by atoms with Crippen molar-refractivity contribution in [2.24, 2.45) is 11.8 Å². The monoisotopic (exact) mass is 341 g/mol. The standard InChI is InChI=1S/C18H31NO5/c1-18(2,3)24-17(21)19-10-9-13(11-19)12-23-15-7-5-14(6-8-15)16(20)22-4/h13-15H,5-12H2,1-4H3/t13-,14?,15?/m1/s1. The lowest BCUT2D eigenvalue weighted by Crippen LogP contribution is -2.35. The summed E-state index contributed by atoms with van der Waals surface area (Å²) in [7, 11) is 1.45. The van der Waals surface area contributed by atoms with Crippen LogP contribution in [-0.2, 0) is 19.0 Å². The van der Waals surface area contributed by atoms with E-state index in [4.69, 9.17) is 14.2 Å². The van der Waals surface area contributed by atoms with Crippen LogP contribution in [0.25, 0.3) is 0 Å². The summed E-state index contributed by atoms with van der Waals surface area (Å²) < 4.78 is 16.2. The molecule has 0 unspecified atom stereocenters. The number of nitrogens with zero attached hydrogens (tertiary/aromatic N) is 1. The van der Waals surface area contributed by atoms with Gasteiger partial charge in [-0.3, -0.25) is 4.79 Å². The molecule has 0 aromatic rings. The average Bonchev–Trinajstić information content (AvgIpc) is 3.00. The Labute approximate surface area is 144 Å². The third-order valence-electron chi connectivity index (χ3n) is 4.71. The summed E-state index contributed by atoms with van der Waals surface area (Å²) in [4.78, 5) is 25.4. The third-order valence-corrected chi connectivity index (χ3v) is 4.71. The second-order valence-electron chi connectivity index (χ2n) is 7.91. The van der Waals surface area contributed by atoms with Crippen LogP contribution in [0.5, 0.6) is 0 Å². The van der Waals surface area contributed by atoms with Crippen LogP contribution in [0.3, 0.4) is 0 Å². The first-order valence-electron chi connectivity index (χ1n) is 8.96. The maximum Gasteiger partial charge on any atom is 0.410 e. The Balaban J connectivity index is 1.66. The maximum atomic E-state index is 12.1. The van der Waals surface area contributed by atoms with Crippen LogP contribution in [0.4, 0.5) is 4.79 Å². The van der Waals surface area contributed by atoms with E-state index < -0.39 is 5.60 Å². The second kappa shape index (κ2) is 8.19. The molecular formula is C18H31NO5. The lowest BCUT2D eigenvalue weighted by atomic mass is 9.87. The molecule has 6 nitrogen and oxygen atoms in total. The molecule has 0 spiro atoms. The highest BCUT2D eigenvalue weighted by Gasteiger charge is 2.31. The van der Waals surface area contributed by atoms with Gasteiger partial charge in [-0.15, -0.1) is 0 Å². The molecule has 1 heterocycles. The normalized spacial score (nSPS) is 27.8. The van der Waals surface area contributed by atoms with Gasteiger partial charge in [0.25, 0.3) is 0 Å². The van der Waals surface area contributed by atoms with Crippen molar-refractivity contribution in [2.75, 3.05) is 26.8 Å². The van der Waals surface area contributed by atoms with Gasteiger partial charge in [-0.05, 0) is 52.9 Å². The van der Waals surface area contributed by atoms with E-state index in [9.17, 15) is 9.59 Å². The minimum Gasteiger partial charge on any atom is -0.469 e. The number of methoxy groups -OCH3 is 1. The van der Waals surface area contributed by atoms with Crippen LogP contribution in [0.1, 0.15) is 52.9 Å². The SMILES string of the molecule is COC(=O)C1CCC(OC[C@@H]2CCN(C(=O)OC(C)(C)C)C2)CC1. The van der Waals surface area contributed by atoms with Gasteiger partial charge in [-0.25, -0.2) is 4.79 Å². The van der Waals surface area contributed by atoms with Crippen LogP contribution in [0.2, 0.25) is 0 Å². The van der Waals surface area contributed by atoms with Crippen LogP contribution < -0.4 is 0 Å². The molecule has 0 bridgehead atoms. The van der Waals surface area contributed by atoms with Gasteiger partial charge in [-0.2, -0.15) is 0 Å². The number of ether oxygens (including phenoxy) is 3. The predicted molar refractivity (Wildman–Crippen MR) is 89.6 cm³/mol. The summed E-state index contributed by atoms with van der Waals surface area (Å²) in [6.45, 7) is 7.75. The van der Waals surface area contributed by atoms with E-state index in [0.29, 0.717) is 19.1 Å². The van der Waals surface area contributed by atoms with Gasteiger partial charge < -0.3 is 19.1 Å². The zero-order valence-electron chi connectivity index (χ0n) is 15.4. The van der Waals surface area contributed by atoms with Gasteiger partial charge in [0.2, 0.25) is 0 Å². The fourth-order valence-corrected chi connectivity index (χ4v) is 3.37. The minimum absolute atomic E-state index is 0.0315. The topological polar surface area (TPSA) is 65.1 Å². The number of rotatable bonds is 4. The highest BCUT2D eigenvalue weighted by Crippen LogP contribution is 2.28. The molecule has 1 aliphatic heterocycles. The van der Waals surface area contributed by atoms with Crippen LogP contribution in [-0.4, -0.2) is 55.5 Å². The van der Waals surface area contributed by atoms with Gasteiger partial charge in [0.05, 0.1) is 25.7 Å². The zero-order valence-corrected chi connectivity index (χ0v) is 15.4. The van der Waals surface area contributed by atoms with Gasteiger partial charge in [-0.1, -0.05) is 0 Å². The molecule has 2 rings (SSSR count). The maximum absolute atomic E-state index is 12.1. The lowest BCUT2D eigenvalue weighted by Gasteiger charge is -2.28. The number of amides is 1. The number of carbonyl (C=O) groups is 2. The molecule has 0 aromatic carbocycles. The fraction of sp³-hybridized carbons (Fsp3) is 0.889. The van der Waals surface area contributed by atoms with E-state index >= 15 is 0 Å². The molecule has 1 amide bonds. The summed E-state index contributed by atoms with van der Waals surface area (Å²) in [6.07, 6.45) is 4.43. The molecule has 24 heavy (non-hydrogen) atoms. The summed E-state index contributed by atoms with van der Waals surface area (Å²) in [5.74, 6) is 0.303. The molecule has 2 aliphatic rings. The molecule has 1 aliphatic carbocycles. The molecule has 2 fully saturated rings. The van der Waals surface area contributed by atoms with Crippen LogP contribution in [0, 0.1) is 11.8 Å². The van der Waals surface area contributed by atoms with Crippen molar-refractivity contribution in [1.29, 1.82) is 0 Å². The highest BCUT2D eigenvalue weighted by atomic mass is 16.6. The summed E-state index contributed by atoms with van der Waals surface area (Å²) in [5, 5.41) is 0. The van der Waals surface area contributed by atoms with Gasteiger partial charge >= 0.3 is 12.1 Å². The lowest BCUT2D eigenvalue weighted by molar-refractivity contribution is -0.147. The van der Waals surface area contributed by atoms with Crippen molar-refractivity contribution in [3.05, 3.63) is 0 Å². The highest BCUT2D eigenvalue weighted by molar-refractivity contribution is 5.72. The minimum atomic E-state index is -0.454. The number of carbonyl (C=O) groups excluding carboxylic acids is 2. The fourth-order valence-electron chi connectivity index (χ4n) is 3.37. The van der Waals surface area contributed by atoms with E-state index in [0.717, 1.165) is 38.6 Å². The number of likely N-dealkylation sites (tertiary alicyclic amines) is 1. The van der Waals surface area contributed by atoms with Crippen LogP contribution in [0.15, 0.2) is 0 Å². The van der Waals surface area contributed by atoms with Crippen molar-refractivity contribution in [3.8, 4) is 0 Å². The Hall–Kier alpha value is -1.30. The third kappa shape index (κ3) is 5.65. The Kier molecular flexibility index (Phi) is 6.49. The molecule has 6 heteroatoms. The second-order valence-corrected chi connectivity index (χ2v) is 7.91. The number of esters is 1.